The third-order valence-corrected chi connectivity index (χ3v) is 7.69. The maximum absolute atomic E-state index is 6.47. The van der Waals surface area contributed by atoms with Gasteiger partial charge in [0.1, 0.15) is 6.73 Å². The van der Waals surface area contributed by atoms with Crippen LogP contribution in [0.4, 0.5) is 0 Å². The largest absolute Gasteiger partial charge is 0.379 e. The predicted molar refractivity (Wildman–Crippen MR) is 118 cm³/mol. The van der Waals surface area contributed by atoms with Gasteiger partial charge in [-0.2, -0.15) is 0 Å². The zero-order chi connectivity index (χ0) is 20.0. The molecule has 30 heavy (non-hydrogen) atoms. The van der Waals surface area contributed by atoms with Crippen LogP contribution in [0.5, 0.6) is 0 Å². The van der Waals surface area contributed by atoms with Crippen LogP contribution in [-0.2, 0) is 16.0 Å². The van der Waals surface area contributed by atoms with E-state index in [4.69, 9.17) is 9.47 Å². The number of hydrogen-bond acceptors (Lipinski definition) is 4. The lowest BCUT2D eigenvalue weighted by molar-refractivity contribution is -0.0226. The van der Waals surface area contributed by atoms with Gasteiger partial charge in [0.15, 0.2) is 0 Å². The van der Waals surface area contributed by atoms with Gasteiger partial charge >= 0.3 is 0 Å². The van der Waals surface area contributed by atoms with Gasteiger partial charge in [0.25, 0.3) is 0 Å². The predicted octanol–water partition coefficient (Wildman–Crippen LogP) is 4.58. The molecule has 0 N–H and O–H groups in total. The number of ether oxygens (including phenoxy) is 2. The molecule has 7 rings (SSSR count). The molecule has 1 saturated carbocycles. The monoisotopic (exact) mass is 404 g/mol. The van der Waals surface area contributed by atoms with Crippen molar-refractivity contribution in [1.29, 1.82) is 0 Å². The van der Waals surface area contributed by atoms with Crippen LogP contribution in [0.1, 0.15) is 54.8 Å². The van der Waals surface area contributed by atoms with Gasteiger partial charge in [-0.3, -0.25) is 9.80 Å². The third-order valence-electron chi connectivity index (χ3n) is 7.69. The molecule has 0 aromatic heterocycles. The van der Waals surface area contributed by atoms with Crippen molar-refractivity contribution in [3.8, 4) is 11.1 Å². The highest BCUT2D eigenvalue weighted by Crippen LogP contribution is 2.51. The third kappa shape index (κ3) is 3.21. The quantitative estimate of drug-likeness (QED) is 0.745. The van der Waals surface area contributed by atoms with E-state index in [1.54, 1.807) is 11.1 Å². The molecule has 1 atom stereocenters. The van der Waals surface area contributed by atoms with Crippen LogP contribution in [0.25, 0.3) is 11.1 Å². The van der Waals surface area contributed by atoms with E-state index < -0.39 is 0 Å². The first-order valence-electron chi connectivity index (χ1n) is 11.7. The first kappa shape index (κ1) is 19.0. The summed E-state index contributed by atoms with van der Waals surface area (Å²) in [5.74, 6) is 0. The fourth-order valence-electron chi connectivity index (χ4n) is 6.08. The Morgan fingerprint density at radius 1 is 0.933 bits per heavy atom. The van der Waals surface area contributed by atoms with Crippen LogP contribution in [0, 0.1) is 0 Å². The van der Waals surface area contributed by atoms with Crippen molar-refractivity contribution in [3.05, 3.63) is 59.2 Å². The Morgan fingerprint density at radius 3 is 2.53 bits per heavy atom. The fraction of sp³-hybridized carbons (Fsp3) is 0.538. The number of nitrogens with zero attached hydrogens (tertiary/aromatic N) is 2. The number of hydrogen-bond donors (Lipinski definition) is 0. The average Bonchev–Trinajstić information content (AvgIpc) is 3.21. The van der Waals surface area contributed by atoms with E-state index in [1.165, 1.54) is 48.8 Å². The summed E-state index contributed by atoms with van der Waals surface area (Å²) in [7, 11) is 0. The average molecular weight is 405 g/mol. The summed E-state index contributed by atoms with van der Waals surface area (Å²) in [5.41, 5.74) is 7.47. The summed E-state index contributed by atoms with van der Waals surface area (Å²) >= 11 is 0. The number of benzene rings is 2. The van der Waals surface area contributed by atoms with Crippen LogP contribution < -0.4 is 0 Å². The van der Waals surface area contributed by atoms with Gasteiger partial charge in [-0.05, 0) is 40.7 Å². The second-order valence-corrected chi connectivity index (χ2v) is 9.52. The molecular weight excluding hydrogens is 372 g/mol. The maximum atomic E-state index is 6.47. The van der Waals surface area contributed by atoms with Crippen LogP contribution in [-0.4, -0.2) is 55.0 Å². The zero-order valence-corrected chi connectivity index (χ0v) is 17.8. The Kier molecular flexibility index (Phi) is 4.91. The van der Waals surface area contributed by atoms with Gasteiger partial charge in [0.2, 0.25) is 0 Å². The van der Waals surface area contributed by atoms with Crippen LogP contribution in [0.15, 0.2) is 42.5 Å². The molecule has 2 aliphatic heterocycles. The normalized spacial score (nSPS) is 26.1. The lowest BCUT2D eigenvalue weighted by atomic mass is 9.73. The van der Waals surface area contributed by atoms with Crippen molar-refractivity contribution in [2.75, 3.05) is 39.6 Å². The Labute approximate surface area is 179 Å². The van der Waals surface area contributed by atoms with E-state index in [0.717, 1.165) is 46.1 Å². The van der Waals surface area contributed by atoms with Crippen molar-refractivity contribution in [2.24, 2.45) is 0 Å². The van der Waals surface area contributed by atoms with Crippen molar-refractivity contribution in [1.82, 2.24) is 9.80 Å². The van der Waals surface area contributed by atoms with Crippen LogP contribution in [0.2, 0.25) is 0 Å². The summed E-state index contributed by atoms with van der Waals surface area (Å²) in [6, 6.07) is 16.1. The van der Waals surface area contributed by atoms with Gasteiger partial charge in [0.05, 0.1) is 24.9 Å². The highest BCUT2D eigenvalue weighted by molar-refractivity contribution is 5.76. The molecule has 2 bridgehead atoms. The highest BCUT2D eigenvalue weighted by atomic mass is 16.5. The highest BCUT2D eigenvalue weighted by Gasteiger charge is 2.47. The van der Waals surface area contributed by atoms with Crippen LogP contribution in [0.3, 0.4) is 0 Å². The molecule has 2 aromatic carbocycles. The molecule has 158 valence electrons. The first-order valence-corrected chi connectivity index (χ1v) is 11.7. The van der Waals surface area contributed by atoms with E-state index >= 15 is 0 Å². The summed E-state index contributed by atoms with van der Waals surface area (Å²) in [6.45, 7) is 6.70. The van der Waals surface area contributed by atoms with Gasteiger partial charge in [-0.1, -0.05) is 61.7 Å². The van der Waals surface area contributed by atoms with E-state index in [9.17, 15) is 0 Å². The lowest BCUT2D eigenvalue weighted by Gasteiger charge is -2.43. The zero-order valence-electron chi connectivity index (χ0n) is 17.8. The fourth-order valence-corrected chi connectivity index (χ4v) is 6.08. The Morgan fingerprint density at radius 2 is 1.73 bits per heavy atom. The molecule has 4 heteroatoms. The Bertz CT molecular complexity index is 901. The minimum Gasteiger partial charge on any atom is -0.379 e. The van der Waals surface area contributed by atoms with Gasteiger partial charge in [0, 0.05) is 26.2 Å². The number of morpholine rings is 1. The SMILES string of the molecule is c1ccc(-c2ccc3c(CN4CCOCC4)c2C3N2COC3(CCCCC3)C2)cc1. The molecule has 2 heterocycles. The molecule has 2 saturated heterocycles. The van der Waals surface area contributed by atoms with Gasteiger partial charge < -0.3 is 9.47 Å². The maximum Gasteiger partial charge on any atom is 0.101 e. The molecule has 4 nitrogen and oxygen atoms in total. The smallest absolute Gasteiger partial charge is 0.101 e. The topological polar surface area (TPSA) is 24.9 Å². The standard InChI is InChI=1S/C26H32N2O2/c1-3-7-20(8-4-1)21-9-10-22-23(17-27-13-15-29-16-14-27)24(21)25(22)28-18-26(30-19-28)11-5-2-6-12-26/h1,3-4,7-10,25H,2,5-6,11-19H2. The van der Waals surface area contributed by atoms with E-state index in [1.807, 2.05) is 0 Å². The molecule has 3 aliphatic carbocycles. The summed E-state index contributed by atoms with van der Waals surface area (Å²) < 4.78 is 12.0. The van der Waals surface area contributed by atoms with Crippen molar-refractivity contribution in [3.63, 3.8) is 0 Å². The van der Waals surface area contributed by atoms with E-state index in [2.05, 4.69) is 52.3 Å². The van der Waals surface area contributed by atoms with Gasteiger partial charge in [-0.15, -0.1) is 0 Å². The van der Waals surface area contributed by atoms with E-state index in [-0.39, 0.29) is 5.60 Å². The molecule has 1 spiro atoms. The second-order valence-electron chi connectivity index (χ2n) is 9.52. The molecule has 2 aromatic rings. The molecule has 5 aliphatic rings. The molecule has 0 radical (unpaired) electrons. The Balaban J connectivity index is 1.32. The van der Waals surface area contributed by atoms with E-state index in [0.29, 0.717) is 6.04 Å². The van der Waals surface area contributed by atoms with Crippen molar-refractivity contribution >= 4 is 0 Å². The second kappa shape index (κ2) is 7.76. The van der Waals surface area contributed by atoms with Crippen LogP contribution >= 0.6 is 0 Å². The minimum absolute atomic E-state index is 0.115. The molecular formula is C26H32N2O2. The summed E-state index contributed by atoms with van der Waals surface area (Å²) in [6.07, 6.45) is 6.48. The minimum atomic E-state index is 0.115. The first-order chi connectivity index (χ1) is 14.8. The number of rotatable bonds is 4. The molecule has 3 fully saturated rings. The molecule has 1 unspecified atom stereocenters. The lowest BCUT2D eigenvalue weighted by Crippen LogP contribution is -2.42. The Hall–Kier alpha value is -1.72. The van der Waals surface area contributed by atoms with Gasteiger partial charge in [-0.25, -0.2) is 0 Å². The molecule has 0 amide bonds. The van der Waals surface area contributed by atoms with Crippen molar-refractivity contribution in [2.45, 2.75) is 50.3 Å². The van der Waals surface area contributed by atoms with Crippen molar-refractivity contribution < 1.29 is 9.47 Å². The summed E-state index contributed by atoms with van der Waals surface area (Å²) in [4.78, 5) is 5.17. The summed E-state index contributed by atoms with van der Waals surface area (Å²) in [5, 5.41) is 0. The number of fused-ring (bicyclic) bond motifs is 2.